The first-order chi connectivity index (χ1) is 6.43. The molecule has 1 unspecified atom stereocenters. The van der Waals surface area contributed by atoms with E-state index in [4.69, 9.17) is 10.6 Å². The lowest BCUT2D eigenvalue weighted by Crippen LogP contribution is -2.51. The van der Waals surface area contributed by atoms with Crippen LogP contribution in [0.25, 0.3) is 0 Å². The zero-order chi connectivity index (χ0) is 10.8. The minimum absolute atomic E-state index is 0.0998. The summed E-state index contributed by atoms with van der Waals surface area (Å²) in [6.45, 7) is 7.17. The quantitative estimate of drug-likeness (QED) is 0.684. The van der Waals surface area contributed by atoms with E-state index in [-0.39, 0.29) is 11.3 Å². The molecule has 1 aliphatic heterocycles. The van der Waals surface area contributed by atoms with Gasteiger partial charge in [-0.3, -0.25) is 9.63 Å². The van der Waals surface area contributed by atoms with Crippen LogP contribution in [0.3, 0.4) is 0 Å². The van der Waals surface area contributed by atoms with Crippen LogP contribution in [0.1, 0.15) is 33.6 Å². The van der Waals surface area contributed by atoms with Gasteiger partial charge in [0.25, 0.3) is 5.91 Å². The molecular weight excluding hydrogens is 180 g/mol. The number of rotatable bonds is 1. The van der Waals surface area contributed by atoms with E-state index in [1.165, 1.54) is 5.06 Å². The van der Waals surface area contributed by atoms with Crippen molar-refractivity contribution in [2.24, 2.45) is 11.1 Å². The maximum atomic E-state index is 11.8. The molecule has 0 aliphatic carbocycles. The minimum Gasteiger partial charge on any atom is -0.319 e. The molecule has 0 aromatic heterocycles. The molecule has 4 nitrogen and oxygen atoms in total. The van der Waals surface area contributed by atoms with Crippen molar-refractivity contribution in [3.8, 4) is 0 Å². The van der Waals surface area contributed by atoms with Crippen LogP contribution in [0.2, 0.25) is 0 Å². The summed E-state index contributed by atoms with van der Waals surface area (Å²) in [6, 6.07) is -0.486. The Morgan fingerprint density at radius 3 is 2.50 bits per heavy atom. The fourth-order valence-electron chi connectivity index (χ4n) is 1.30. The molecule has 1 heterocycles. The highest BCUT2D eigenvalue weighted by atomic mass is 16.7. The molecule has 2 N–H and O–H groups in total. The molecule has 0 aromatic rings. The molecule has 4 heteroatoms. The first kappa shape index (κ1) is 11.5. The highest BCUT2D eigenvalue weighted by molar-refractivity contribution is 5.81. The van der Waals surface area contributed by atoms with E-state index in [2.05, 4.69) is 0 Å². The Kier molecular flexibility index (Phi) is 3.50. The second-order valence-corrected chi connectivity index (χ2v) is 4.82. The zero-order valence-corrected chi connectivity index (χ0v) is 9.25. The number of amides is 1. The fourth-order valence-corrected chi connectivity index (χ4v) is 1.30. The Labute approximate surface area is 85.3 Å². The summed E-state index contributed by atoms with van der Waals surface area (Å²) >= 11 is 0. The number of carbonyl (C=O) groups excluding carboxylic acids is 1. The third kappa shape index (κ3) is 2.69. The summed E-state index contributed by atoms with van der Waals surface area (Å²) in [4.78, 5) is 17.1. The monoisotopic (exact) mass is 200 g/mol. The summed E-state index contributed by atoms with van der Waals surface area (Å²) in [5.74, 6) is -0.0998. The Morgan fingerprint density at radius 2 is 2.07 bits per heavy atom. The van der Waals surface area contributed by atoms with Crippen molar-refractivity contribution in [3.63, 3.8) is 0 Å². The molecule has 14 heavy (non-hydrogen) atoms. The maximum absolute atomic E-state index is 11.8. The molecule has 1 amide bonds. The van der Waals surface area contributed by atoms with Gasteiger partial charge in [0.15, 0.2) is 0 Å². The van der Waals surface area contributed by atoms with Gasteiger partial charge in [0.2, 0.25) is 0 Å². The molecule has 0 radical (unpaired) electrons. The van der Waals surface area contributed by atoms with Crippen LogP contribution >= 0.6 is 0 Å². The largest absolute Gasteiger partial charge is 0.319 e. The lowest BCUT2D eigenvalue weighted by atomic mass is 9.87. The Morgan fingerprint density at radius 1 is 1.43 bits per heavy atom. The van der Waals surface area contributed by atoms with Crippen molar-refractivity contribution in [2.45, 2.75) is 39.7 Å². The minimum atomic E-state index is -0.486. The Hall–Kier alpha value is -0.610. The molecule has 0 aromatic carbocycles. The topological polar surface area (TPSA) is 55.6 Å². The molecule has 1 aliphatic rings. The van der Waals surface area contributed by atoms with Gasteiger partial charge in [-0.1, -0.05) is 20.8 Å². The molecule has 82 valence electrons. The second-order valence-electron chi connectivity index (χ2n) is 4.82. The van der Waals surface area contributed by atoms with Crippen LogP contribution in [-0.2, 0) is 9.63 Å². The van der Waals surface area contributed by atoms with Gasteiger partial charge in [-0.2, -0.15) is 0 Å². The highest BCUT2D eigenvalue weighted by Gasteiger charge is 2.32. The van der Waals surface area contributed by atoms with Gasteiger partial charge < -0.3 is 5.73 Å². The van der Waals surface area contributed by atoms with Crippen LogP contribution in [0.4, 0.5) is 0 Å². The van der Waals surface area contributed by atoms with Crippen molar-refractivity contribution < 1.29 is 9.63 Å². The standard InChI is InChI=1S/C10H20N2O2/c1-10(2,3)8(11)9(13)12-6-4-5-7-14-12/h8H,4-7,11H2,1-3H3. The predicted molar refractivity (Wildman–Crippen MR) is 54.3 cm³/mol. The van der Waals surface area contributed by atoms with Crippen LogP contribution in [0.5, 0.6) is 0 Å². The van der Waals surface area contributed by atoms with Crippen molar-refractivity contribution in [3.05, 3.63) is 0 Å². The average molecular weight is 200 g/mol. The van der Waals surface area contributed by atoms with E-state index < -0.39 is 6.04 Å². The third-order valence-electron chi connectivity index (χ3n) is 2.45. The fraction of sp³-hybridized carbons (Fsp3) is 0.900. The predicted octanol–water partition coefficient (Wildman–Crippen LogP) is 0.914. The van der Waals surface area contributed by atoms with E-state index in [1.54, 1.807) is 0 Å². The Balaban J connectivity index is 2.55. The maximum Gasteiger partial charge on any atom is 0.263 e. The number of hydrogen-bond donors (Lipinski definition) is 1. The zero-order valence-electron chi connectivity index (χ0n) is 9.25. The summed E-state index contributed by atoms with van der Waals surface area (Å²) in [6.07, 6.45) is 2.02. The van der Waals surface area contributed by atoms with Gasteiger partial charge in [-0.15, -0.1) is 0 Å². The van der Waals surface area contributed by atoms with Crippen molar-refractivity contribution in [2.75, 3.05) is 13.2 Å². The third-order valence-corrected chi connectivity index (χ3v) is 2.45. The van der Waals surface area contributed by atoms with Crippen LogP contribution in [-0.4, -0.2) is 30.2 Å². The molecule has 1 atom stereocenters. The lowest BCUT2D eigenvalue weighted by Gasteiger charge is -2.33. The van der Waals surface area contributed by atoms with Crippen LogP contribution < -0.4 is 5.73 Å². The molecule has 1 rings (SSSR count). The normalized spacial score (nSPS) is 20.7. The number of carbonyl (C=O) groups is 1. The second kappa shape index (κ2) is 4.28. The van der Waals surface area contributed by atoms with Gasteiger partial charge in [0, 0.05) is 6.54 Å². The first-order valence-corrected chi connectivity index (χ1v) is 5.13. The van der Waals surface area contributed by atoms with E-state index in [0.29, 0.717) is 13.2 Å². The lowest BCUT2D eigenvalue weighted by molar-refractivity contribution is -0.200. The van der Waals surface area contributed by atoms with Crippen molar-refractivity contribution in [1.82, 2.24) is 5.06 Å². The number of nitrogens with two attached hydrogens (primary N) is 1. The van der Waals surface area contributed by atoms with Gasteiger partial charge in [-0.25, -0.2) is 5.06 Å². The molecule has 0 spiro atoms. The molecule has 0 bridgehead atoms. The van der Waals surface area contributed by atoms with Crippen LogP contribution in [0, 0.1) is 5.41 Å². The van der Waals surface area contributed by atoms with Gasteiger partial charge in [0.05, 0.1) is 12.6 Å². The number of nitrogens with zero attached hydrogens (tertiary/aromatic N) is 1. The average Bonchev–Trinajstić information content (AvgIpc) is 2.15. The Bertz CT molecular complexity index is 205. The summed E-state index contributed by atoms with van der Waals surface area (Å²) < 4.78 is 0. The van der Waals surface area contributed by atoms with E-state index >= 15 is 0 Å². The van der Waals surface area contributed by atoms with Crippen LogP contribution in [0.15, 0.2) is 0 Å². The van der Waals surface area contributed by atoms with Gasteiger partial charge in [-0.05, 0) is 18.3 Å². The molecule has 1 fully saturated rings. The van der Waals surface area contributed by atoms with Crippen molar-refractivity contribution in [1.29, 1.82) is 0 Å². The van der Waals surface area contributed by atoms with E-state index in [9.17, 15) is 4.79 Å². The summed E-state index contributed by atoms with van der Waals surface area (Å²) in [5, 5.41) is 1.42. The molecule has 1 saturated heterocycles. The molecular formula is C10H20N2O2. The highest BCUT2D eigenvalue weighted by Crippen LogP contribution is 2.20. The first-order valence-electron chi connectivity index (χ1n) is 5.13. The van der Waals surface area contributed by atoms with Gasteiger partial charge >= 0.3 is 0 Å². The van der Waals surface area contributed by atoms with E-state index in [1.807, 2.05) is 20.8 Å². The van der Waals surface area contributed by atoms with Gasteiger partial charge in [0.1, 0.15) is 0 Å². The number of hydroxylamine groups is 2. The summed E-state index contributed by atoms with van der Waals surface area (Å²) in [7, 11) is 0. The number of hydrogen-bond acceptors (Lipinski definition) is 3. The summed E-state index contributed by atoms with van der Waals surface area (Å²) in [5.41, 5.74) is 5.64. The smallest absolute Gasteiger partial charge is 0.263 e. The molecule has 0 saturated carbocycles. The van der Waals surface area contributed by atoms with E-state index in [0.717, 1.165) is 12.8 Å². The van der Waals surface area contributed by atoms with Crippen molar-refractivity contribution >= 4 is 5.91 Å². The SMILES string of the molecule is CC(C)(C)C(N)C(=O)N1CCCCO1.